The lowest BCUT2D eigenvalue weighted by Crippen LogP contribution is -2.59. The molecule has 7 atom stereocenters. The third-order valence-electron chi connectivity index (χ3n) is 5.46. The van der Waals surface area contributed by atoms with Crippen molar-refractivity contribution in [1.82, 2.24) is 21.3 Å². The quantitative estimate of drug-likeness (QED) is 0.290. The molecule has 1 fully saturated rings. The lowest BCUT2D eigenvalue weighted by atomic mass is 9.97. The van der Waals surface area contributed by atoms with Gasteiger partial charge in [0.15, 0.2) is 5.96 Å². The number of nitrogens with one attached hydrogen (secondary N) is 4. The number of esters is 1. The molecular formula is C19H34N6O5. The zero-order chi connectivity index (χ0) is 22.4. The van der Waals surface area contributed by atoms with Crippen LogP contribution in [-0.2, 0) is 19.1 Å². The number of carbonyl (C=O) groups is 3. The Morgan fingerprint density at radius 3 is 2.53 bits per heavy atom. The molecule has 0 aromatic carbocycles. The van der Waals surface area contributed by atoms with Crippen molar-refractivity contribution in [3.8, 4) is 0 Å². The number of guanidine groups is 1. The van der Waals surface area contributed by atoms with Gasteiger partial charge in [-0.3, -0.25) is 24.7 Å². The van der Waals surface area contributed by atoms with Crippen LogP contribution in [0, 0.1) is 5.92 Å². The lowest BCUT2D eigenvalue weighted by molar-refractivity contribution is -0.154. The molecule has 2 rings (SSSR count). The minimum Gasteiger partial charge on any atom is -0.461 e. The highest BCUT2D eigenvalue weighted by molar-refractivity contribution is 5.88. The summed E-state index contributed by atoms with van der Waals surface area (Å²) in [5, 5.41) is 22.2. The molecule has 0 saturated carbocycles. The van der Waals surface area contributed by atoms with E-state index in [0.29, 0.717) is 25.3 Å². The van der Waals surface area contributed by atoms with Gasteiger partial charge in [-0.1, -0.05) is 20.3 Å². The molecule has 11 nitrogen and oxygen atoms in total. The van der Waals surface area contributed by atoms with Crippen LogP contribution in [0.4, 0.5) is 0 Å². The molecule has 0 aromatic heterocycles. The van der Waals surface area contributed by atoms with Crippen LogP contribution in [0.25, 0.3) is 0 Å². The van der Waals surface area contributed by atoms with E-state index in [-0.39, 0.29) is 18.4 Å². The van der Waals surface area contributed by atoms with Crippen molar-refractivity contribution in [3.05, 3.63) is 0 Å². The SMILES string of the molecule is CC[C@H](C)[C@@H]1NC(O)[C@H](C[C@H]2CN=C(N)N2)NC(=O)[C@H](C)NC(=O)C[C@H](C)OC1=O. The molecule has 2 aliphatic rings. The third kappa shape index (κ3) is 6.56. The molecule has 0 spiro atoms. The van der Waals surface area contributed by atoms with Gasteiger partial charge in [0.05, 0.1) is 25.0 Å². The predicted octanol–water partition coefficient (Wildman–Crippen LogP) is -1.69. The van der Waals surface area contributed by atoms with Crippen molar-refractivity contribution in [3.63, 3.8) is 0 Å². The first-order valence-corrected chi connectivity index (χ1v) is 10.4. The number of ether oxygens (including phenoxy) is 1. The fourth-order valence-corrected chi connectivity index (χ4v) is 3.46. The molecule has 11 heteroatoms. The van der Waals surface area contributed by atoms with Crippen LogP contribution < -0.4 is 27.0 Å². The molecule has 2 amide bonds. The Hall–Kier alpha value is -2.40. The van der Waals surface area contributed by atoms with E-state index in [0.717, 1.165) is 0 Å². The Labute approximate surface area is 176 Å². The molecule has 0 radical (unpaired) electrons. The fraction of sp³-hybridized carbons (Fsp3) is 0.789. The summed E-state index contributed by atoms with van der Waals surface area (Å²) in [7, 11) is 0. The van der Waals surface area contributed by atoms with Gasteiger partial charge >= 0.3 is 5.97 Å². The van der Waals surface area contributed by atoms with Crippen LogP contribution in [-0.4, -0.2) is 71.9 Å². The zero-order valence-electron chi connectivity index (χ0n) is 18.0. The summed E-state index contributed by atoms with van der Waals surface area (Å²) in [4.78, 5) is 41.7. The van der Waals surface area contributed by atoms with Crippen molar-refractivity contribution in [2.75, 3.05) is 6.54 Å². The van der Waals surface area contributed by atoms with Gasteiger partial charge in [0, 0.05) is 0 Å². The summed E-state index contributed by atoms with van der Waals surface area (Å²) < 4.78 is 5.44. The van der Waals surface area contributed by atoms with Crippen LogP contribution in [0.2, 0.25) is 0 Å². The monoisotopic (exact) mass is 426 g/mol. The van der Waals surface area contributed by atoms with E-state index in [4.69, 9.17) is 10.5 Å². The number of carbonyl (C=O) groups excluding carboxylic acids is 3. The maximum Gasteiger partial charge on any atom is 0.323 e. The van der Waals surface area contributed by atoms with E-state index in [9.17, 15) is 19.5 Å². The van der Waals surface area contributed by atoms with Gasteiger partial charge in [-0.25, -0.2) is 0 Å². The van der Waals surface area contributed by atoms with E-state index in [1.165, 1.54) is 0 Å². The molecule has 2 aliphatic heterocycles. The molecule has 0 bridgehead atoms. The average Bonchev–Trinajstić information content (AvgIpc) is 3.08. The first-order chi connectivity index (χ1) is 14.1. The Kier molecular flexibility index (Phi) is 8.42. The maximum atomic E-state index is 12.7. The largest absolute Gasteiger partial charge is 0.461 e. The standard InChI is InChI=1S/C19H34N6O5/c1-5-9(2)15-18(29)30-10(3)6-14(26)22-11(4)16(27)24-13(17(28)25-15)7-12-8-21-19(20)23-12/h9-13,15,17,25,28H,5-8H2,1-4H3,(H,22,26)(H,24,27)(H3,20,21,23)/t9-,10-,11-,12-,13-,15-,17?/m0/s1. The predicted molar refractivity (Wildman–Crippen MR) is 110 cm³/mol. The van der Waals surface area contributed by atoms with E-state index in [1.807, 2.05) is 13.8 Å². The van der Waals surface area contributed by atoms with Crippen molar-refractivity contribution in [2.45, 2.75) is 83.5 Å². The Bertz CT molecular complexity index is 672. The van der Waals surface area contributed by atoms with Gasteiger partial charge in [0.1, 0.15) is 24.4 Å². The second-order valence-corrected chi connectivity index (χ2v) is 8.13. The summed E-state index contributed by atoms with van der Waals surface area (Å²) >= 11 is 0. The van der Waals surface area contributed by atoms with Crippen molar-refractivity contribution < 1.29 is 24.2 Å². The smallest absolute Gasteiger partial charge is 0.323 e. The maximum absolute atomic E-state index is 12.7. The van der Waals surface area contributed by atoms with E-state index in [1.54, 1.807) is 13.8 Å². The van der Waals surface area contributed by atoms with Gasteiger partial charge in [0.25, 0.3) is 0 Å². The molecule has 170 valence electrons. The third-order valence-corrected chi connectivity index (χ3v) is 5.46. The normalized spacial score (nSPS) is 34.8. The second kappa shape index (κ2) is 10.6. The first-order valence-electron chi connectivity index (χ1n) is 10.4. The number of rotatable bonds is 4. The summed E-state index contributed by atoms with van der Waals surface area (Å²) in [5.41, 5.74) is 5.66. The topological polar surface area (TPSA) is 167 Å². The highest BCUT2D eigenvalue weighted by Crippen LogP contribution is 2.15. The van der Waals surface area contributed by atoms with Crippen LogP contribution >= 0.6 is 0 Å². The molecule has 2 heterocycles. The molecule has 0 aliphatic carbocycles. The summed E-state index contributed by atoms with van der Waals surface area (Å²) in [6.45, 7) is 7.37. The number of aliphatic imine (C=N–C) groups is 1. The van der Waals surface area contributed by atoms with Crippen LogP contribution in [0.15, 0.2) is 4.99 Å². The van der Waals surface area contributed by atoms with Gasteiger partial charge in [-0.05, 0) is 26.2 Å². The van der Waals surface area contributed by atoms with Crippen molar-refractivity contribution in [2.24, 2.45) is 16.6 Å². The number of cyclic esters (lactones) is 1. The van der Waals surface area contributed by atoms with Gasteiger partial charge in [-0.2, -0.15) is 0 Å². The summed E-state index contributed by atoms with van der Waals surface area (Å²) in [5.74, 6) is -1.24. The summed E-state index contributed by atoms with van der Waals surface area (Å²) in [6.07, 6.45) is -0.994. The van der Waals surface area contributed by atoms with Gasteiger partial charge < -0.3 is 31.5 Å². The highest BCUT2D eigenvalue weighted by Gasteiger charge is 2.35. The number of hydrogen-bond donors (Lipinski definition) is 6. The number of hydrogen-bond acceptors (Lipinski definition) is 9. The van der Waals surface area contributed by atoms with Crippen LogP contribution in [0.5, 0.6) is 0 Å². The van der Waals surface area contributed by atoms with E-state index in [2.05, 4.69) is 26.3 Å². The minimum atomic E-state index is -1.23. The lowest BCUT2D eigenvalue weighted by Gasteiger charge is -2.32. The fourth-order valence-electron chi connectivity index (χ4n) is 3.46. The number of aliphatic hydroxyl groups excluding tert-OH is 1. The molecular weight excluding hydrogens is 392 g/mol. The Morgan fingerprint density at radius 2 is 1.93 bits per heavy atom. The van der Waals surface area contributed by atoms with Gasteiger partial charge in [-0.15, -0.1) is 0 Å². The average molecular weight is 427 g/mol. The first kappa shape index (κ1) is 23.9. The molecule has 30 heavy (non-hydrogen) atoms. The number of nitrogens with two attached hydrogens (primary N) is 1. The number of aliphatic hydroxyl groups is 1. The number of amides is 2. The molecule has 0 aromatic rings. The second-order valence-electron chi connectivity index (χ2n) is 8.13. The summed E-state index contributed by atoms with van der Waals surface area (Å²) in [6, 6.07) is -2.56. The Morgan fingerprint density at radius 1 is 1.23 bits per heavy atom. The minimum absolute atomic E-state index is 0.0643. The molecule has 7 N–H and O–H groups in total. The molecule has 1 saturated heterocycles. The van der Waals surface area contributed by atoms with E-state index < -0.39 is 48.2 Å². The molecule has 1 unspecified atom stereocenters. The van der Waals surface area contributed by atoms with Crippen LogP contribution in [0.3, 0.4) is 0 Å². The zero-order valence-corrected chi connectivity index (χ0v) is 18.0. The Balaban J connectivity index is 2.26. The van der Waals surface area contributed by atoms with E-state index >= 15 is 0 Å². The number of nitrogens with zero attached hydrogens (tertiary/aromatic N) is 1. The van der Waals surface area contributed by atoms with Crippen LogP contribution in [0.1, 0.15) is 47.0 Å². The highest BCUT2D eigenvalue weighted by atomic mass is 16.5. The van der Waals surface area contributed by atoms with Crippen molar-refractivity contribution >= 4 is 23.7 Å². The van der Waals surface area contributed by atoms with Crippen molar-refractivity contribution in [1.29, 1.82) is 0 Å². The van der Waals surface area contributed by atoms with Gasteiger partial charge in [0.2, 0.25) is 11.8 Å².